The van der Waals surface area contributed by atoms with Crippen molar-refractivity contribution in [2.24, 2.45) is 0 Å². The van der Waals surface area contributed by atoms with Gasteiger partial charge in [0.15, 0.2) is 0 Å². The standard InChI is InChI=1S/C24H31ClN2O6/c1-33-24(32)17-10-18(25)12-19(11-17)26-8-6-15-2-4-16(5-3-15)7-9-27-13-21(29)23(31)22(30)20(27)14-28/h2-5,10-12,20-23,26,28-31H,6-9,13-14H2,1H3/t20-,21+,22-,23-/m1/s1. The average Bonchev–Trinajstić information content (AvgIpc) is 2.81. The van der Waals surface area contributed by atoms with Crippen molar-refractivity contribution < 1.29 is 30.0 Å². The third-order valence-corrected chi connectivity index (χ3v) is 6.21. The smallest absolute Gasteiger partial charge is 0.337 e. The number of hydrogen-bond donors (Lipinski definition) is 5. The first kappa shape index (κ1) is 25.4. The van der Waals surface area contributed by atoms with E-state index in [0.717, 1.165) is 23.2 Å². The first-order chi connectivity index (χ1) is 15.8. The van der Waals surface area contributed by atoms with Gasteiger partial charge in [0, 0.05) is 30.3 Å². The predicted molar refractivity (Wildman–Crippen MR) is 126 cm³/mol. The Bertz CT molecular complexity index is 926. The third-order valence-electron chi connectivity index (χ3n) is 5.99. The number of ether oxygens (including phenoxy) is 1. The highest BCUT2D eigenvalue weighted by Gasteiger charge is 2.40. The number of esters is 1. The number of rotatable bonds is 9. The monoisotopic (exact) mass is 478 g/mol. The summed E-state index contributed by atoms with van der Waals surface area (Å²) in [5, 5.41) is 43.1. The molecule has 0 radical (unpaired) electrons. The quantitative estimate of drug-likeness (QED) is 0.339. The number of nitrogens with zero attached hydrogens (tertiary/aromatic N) is 1. The van der Waals surface area contributed by atoms with Gasteiger partial charge in [-0.25, -0.2) is 4.79 Å². The van der Waals surface area contributed by atoms with Crippen LogP contribution in [-0.2, 0) is 17.6 Å². The lowest BCUT2D eigenvalue weighted by Crippen LogP contribution is -2.62. The summed E-state index contributed by atoms with van der Waals surface area (Å²) in [5.41, 5.74) is 3.37. The molecule has 2 aromatic carbocycles. The van der Waals surface area contributed by atoms with E-state index < -0.39 is 30.3 Å². The number of benzene rings is 2. The number of anilines is 1. The van der Waals surface area contributed by atoms with Gasteiger partial charge in [-0.05, 0) is 42.2 Å². The van der Waals surface area contributed by atoms with Crippen LogP contribution in [0.15, 0.2) is 42.5 Å². The minimum atomic E-state index is -1.25. The summed E-state index contributed by atoms with van der Waals surface area (Å²) >= 11 is 6.09. The zero-order valence-electron chi connectivity index (χ0n) is 18.5. The molecule has 0 spiro atoms. The maximum atomic E-state index is 11.7. The van der Waals surface area contributed by atoms with Crippen molar-refractivity contribution in [3.8, 4) is 0 Å². The number of carbonyl (C=O) groups excluding carboxylic acids is 1. The Balaban J connectivity index is 1.50. The van der Waals surface area contributed by atoms with Gasteiger partial charge in [-0.1, -0.05) is 35.9 Å². The average molecular weight is 479 g/mol. The number of likely N-dealkylation sites (tertiary alicyclic amines) is 1. The molecule has 0 aromatic heterocycles. The molecule has 2 aromatic rings. The largest absolute Gasteiger partial charge is 0.465 e. The molecule has 9 heteroatoms. The lowest BCUT2D eigenvalue weighted by molar-refractivity contribution is -0.144. The molecule has 0 amide bonds. The maximum Gasteiger partial charge on any atom is 0.337 e. The second-order valence-electron chi connectivity index (χ2n) is 8.26. The molecule has 0 unspecified atom stereocenters. The lowest BCUT2D eigenvalue weighted by atomic mass is 9.93. The van der Waals surface area contributed by atoms with Crippen molar-refractivity contribution in [1.82, 2.24) is 4.90 Å². The zero-order chi connectivity index (χ0) is 24.0. The van der Waals surface area contributed by atoms with Gasteiger partial charge < -0.3 is 30.5 Å². The van der Waals surface area contributed by atoms with Crippen molar-refractivity contribution in [3.63, 3.8) is 0 Å². The van der Waals surface area contributed by atoms with Gasteiger partial charge >= 0.3 is 5.97 Å². The van der Waals surface area contributed by atoms with Crippen molar-refractivity contribution in [2.45, 2.75) is 37.2 Å². The van der Waals surface area contributed by atoms with Crippen LogP contribution in [-0.4, -0.2) is 89.0 Å². The van der Waals surface area contributed by atoms with Crippen molar-refractivity contribution in [2.75, 3.05) is 38.7 Å². The van der Waals surface area contributed by atoms with Crippen molar-refractivity contribution in [1.29, 1.82) is 0 Å². The molecule has 8 nitrogen and oxygen atoms in total. The molecule has 1 saturated heterocycles. The minimum Gasteiger partial charge on any atom is -0.465 e. The van der Waals surface area contributed by atoms with Crippen LogP contribution in [0.25, 0.3) is 0 Å². The van der Waals surface area contributed by atoms with Crippen LogP contribution in [0.1, 0.15) is 21.5 Å². The van der Waals surface area contributed by atoms with Gasteiger partial charge in [0.05, 0.1) is 31.4 Å². The number of aliphatic hydroxyl groups is 4. The number of piperidine rings is 1. The van der Waals surface area contributed by atoms with E-state index in [9.17, 15) is 25.2 Å². The summed E-state index contributed by atoms with van der Waals surface area (Å²) in [6.07, 6.45) is -2.01. The summed E-state index contributed by atoms with van der Waals surface area (Å²) in [6, 6.07) is 12.6. The van der Waals surface area contributed by atoms with Gasteiger partial charge in [-0.2, -0.15) is 0 Å². The fourth-order valence-electron chi connectivity index (χ4n) is 4.06. The Hall–Kier alpha value is -2.20. The summed E-state index contributed by atoms with van der Waals surface area (Å²) in [5.74, 6) is -0.439. The number of nitrogens with one attached hydrogen (secondary N) is 1. The molecule has 1 heterocycles. The van der Waals surface area contributed by atoms with E-state index in [1.807, 2.05) is 29.2 Å². The molecule has 1 aliphatic heterocycles. The molecule has 0 bridgehead atoms. The third kappa shape index (κ3) is 6.66. The Morgan fingerprint density at radius 3 is 2.39 bits per heavy atom. The Morgan fingerprint density at radius 2 is 1.76 bits per heavy atom. The first-order valence-corrected chi connectivity index (χ1v) is 11.3. The van der Waals surface area contributed by atoms with E-state index in [1.165, 1.54) is 7.11 Å². The van der Waals surface area contributed by atoms with E-state index in [4.69, 9.17) is 16.3 Å². The fraction of sp³-hybridized carbons (Fsp3) is 0.458. The molecule has 0 aliphatic carbocycles. The van der Waals surface area contributed by atoms with Gasteiger partial charge in [0.2, 0.25) is 0 Å². The highest BCUT2D eigenvalue weighted by atomic mass is 35.5. The van der Waals surface area contributed by atoms with Crippen LogP contribution >= 0.6 is 11.6 Å². The number of hydrogen-bond acceptors (Lipinski definition) is 8. The predicted octanol–water partition coefficient (Wildman–Crippen LogP) is 1.08. The Morgan fingerprint density at radius 1 is 1.09 bits per heavy atom. The highest BCUT2D eigenvalue weighted by Crippen LogP contribution is 2.21. The van der Waals surface area contributed by atoms with Crippen LogP contribution < -0.4 is 5.32 Å². The van der Waals surface area contributed by atoms with Crippen LogP contribution in [0.5, 0.6) is 0 Å². The maximum absolute atomic E-state index is 11.7. The number of halogens is 1. The van der Waals surface area contributed by atoms with Gasteiger partial charge in [0.1, 0.15) is 12.2 Å². The van der Waals surface area contributed by atoms with Crippen LogP contribution in [0.2, 0.25) is 5.02 Å². The SMILES string of the molecule is COC(=O)c1cc(Cl)cc(NCCc2ccc(CCN3C[C@H](O)[C@@H](O)[C@H](O)[C@H]3CO)cc2)c1. The molecule has 3 rings (SSSR count). The molecule has 33 heavy (non-hydrogen) atoms. The van der Waals surface area contributed by atoms with Gasteiger partial charge in [0.25, 0.3) is 0 Å². The molecule has 4 atom stereocenters. The van der Waals surface area contributed by atoms with E-state index in [1.54, 1.807) is 18.2 Å². The normalized spacial score (nSPS) is 23.3. The van der Waals surface area contributed by atoms with E-state index in [-0.39, 0.29) is 13.2 Å². The van der Waals surface area contributed by atoms with Gasteiger partial charge in [-0.15, -0.1) is 0 Å². The summed E-state index contributed by atoms with van der Waals surface area (Å²) < 4.78 is 4.74. The number of aliphatic hydroxyl groups excluding tert-OH is 4. The molecule has 5 N–H and O–H groups in total. The zero-order valence-corrected chi connectivity index (χ0v) is 19.3. The molecule has 1 fully saturated rings. The molecule has 1 aliphatic rings. The van der Waals surface area contributed by atoms with Crippen LogP contribution in [0.3, 0.4) is 0 Å². The van der Waals surface area contributed by atoms with Crippen molar-refractivity contribution in [3.05, 3.63) is 64.2 Å². The first-order valence-electron chi connectivity index (χ1n) is 10.9. The molecule has 180 valence electrons. The number of methoxy groups -OCH3 is 1. The second kappa shape index (κ2) is 11.8. The Labute approximate surface area is 198 Å². The Kier molecular flexibility index (Phi) is 9.08. The lowest BCUT2D eigenvalue weighted by Gasteiger charge is -2.43. The van der Waals surface area contributed by atoms with Crippen LogP contribution in [0.4, 0.5) is 5.69 Å². The van der Waals surface area contributed by atoms with E-state index >= 15 is 0 Å². The van der Waals surface area contributed by atoms with Crippen LogP contribution in [0, 0.1) is 0 Å². The molecule has 0 saturated carbocycles. The van der Waals surface area contributed by atoms with E-state index in [2.05, 4.69) is 5.32 Å². The summed E-state index contributed by atoms with van der Waals surface area (Å²) in [4.78, 5) is 13.5. The topological polar surface area (TPSA) is 122 Å². The fourth-order valence-corrected chi connectivity index (χ4v) is 4.29. The molecular weight excluding hydrogens is 448 g/mol. The minimum absolute atomic E-state index is 0.203. The second-order valence-corrected chi connectivity index (χ2v) is 8.69. The summed E-state index contributed by atoms with van der Waals surface area (Å²) in [7, 11) is 1.33. The van der Waals surface area contributed by atoms with E-state index in [0.29, 0.717) is 30.1 Å². The molecular formula is C24H31ClN2O6. The van der Waals surface area contributed by atoms with Crippen molar-refractivity contribution >= 4 is 23.3 Å². The van der Waals surface area contributed by atoms with Gasteiger partial charge in [-0.3, -0.25) is 4.90 Å². The number of carbonyl (C=O) groups is 1. The summed E-state index contributed by atoms with van der Waals surface area (Å²) in [6.45, 7) is 1.12. The number of β-amino-alcohol motifs (C(OH)–C–C–N with tert-alkyl or cyclic N) is 1. The highest BCUT2D eigenvalue weighted by molar-refractivity contribution is 6.31.